The molecule has 1 aromatic heterocycles. The lowest BCUT2D eigenvalue weighted by molar-refractivity contribution is -0.137. The Hall–Kier alpha value is -3.16. The Balaban J connectivity index is 1.57. The van der Waals surface area contributed by atoms with Gasteiger partial charge >= 0.3 is 6.18 Å². The number of nitrogens with zero attached hydrogens (tertiary/aromatic N) is 4. The zero-order chi connectivity index (χ0) is 18.1. The number of benzene rings is 1. The lowest BCUT2D eigenvalue weighted by Gasteiger charge is -2.20. The maximum absolute atomic E-state index is 12.7. The zero-order valence-electron chi connectivity index (χ0n) is 13.4. The zero-order valence-corrected chi connectivity index (χ0v) is 13.4. The van der Waals surface area contributed by atoms with E-state index in [-0.39, 0.29) is 0 Å². The number of aromatic nitrogens is 2. The molecule has 0 spiro atoms. The molecule has 0 saturated carbocycles. The molecule has 0 unspecified atom stereocenters. The highest BCUT2D eigenvalue weighted by Crippen LogP contribution is 2.31. The summed E-state index contributed by atoms with van der Waals surface area (Å²) in [6, 6.07) is 6.39. The molecule has 2 aliphatic rings. The molecular weight excluding hydrogens is 345 g/mol. The molecule has 0 radical (unpaired) electrons. The van der Waals surface area contributed by atoms with Crippen molar-refractivity contribution in [3.05, 3.63) is 66.3 Å². The Labute approximate surface area is 147 Å². The smallest absolute Gasteiger partial charge is 0.416 e. The average molecular weight is 358 g/mol. The molecule has 0 N–H and O–H groups in total. The number of allylic oxidation sites excluding steroid dienone is 2. The van der Waals surface area contributed by atoms with E-state index in [1.54, 1.807) is 12.1 Å². The van der Waals surface area contributed by atoms with Gasteiger partial charge in [0.05, 0.1) is 17.8 Å². The molecule has 0 fully saturated rings. The summed E-state index contributed by atoms with van der Waals surface area (Å²) >= 11 is 0. The van der Waals surface area contributed by atoms with Crippen LogP contribution in [0.1, 0.15) is 5.56 Å². The van der Waals surface area contributed by atoms with Crippen LogP contribution in [0.4, 0.5) is 13.2 Å². The third-order valence-electron chi connectivity index (χ3n) is 3.97. The van der Waals surface area contributed by atoms with E-state index in [2.05, 4.69) is 15.0 Å². The molecule has 4 rings (SSSR count). The topological polar surface area (TPSA) is 50.6 Å². The van der Waals surface area contributed by atoms with Crippen molar-refractivity contribution >= 4 is 5.84 Å². The predicted molar refractivity (Wildman–Crippen MR) is 89.3 cm³/mol. The molecule has 8 heteroatoms. The van der Waals surface area contributed by atoms with Gasteiger partial charge in [-0.3, -0.25) is 4.99 Å². The van der Waals surface area contributed by atoms with Gasteiger partial charge in [-0.25, -0.2) is 9.97 Å². The van der Waals surface area contributed by atoms with Crippen molar-refractivity contribution in [3.8, 4) is 17.1 Å². The van der Waals surface area contributed by atoms with E-state index in [1.807, 2.05) is 17.2 Å². The van der Waals surface area contributed by atoms with Gasteiger partial charge in [0, 0.05) is 24.4 Å². The quantitative estimate of drug-likeness (QED) is 0.840. The van der Waals surface area contributed by atoms with Gasteiger partial charge < -0.3 is 9.64 Å². The highest BCUT2D eigenvalue weighted by Gasteiger charge is 2.30. The molecular formula is C18H13F3N4O. The number of hydrogen-bond acceptors (Lipinski definition) is 5. The van der Waals surface area contributed by atoms with Crippen LogP contribution in [-0.4, -0.2) is 33.8 Å². The van der Waals surface area contributed by atoms with Gasteiger partial charge in [-0.1, -0.05) is 12.1 Å². The Morgan fingerprint density at radius 3 is 2.65 bits per heavy atom. The molecule has 0 bridgehead atoms. The second-order valence-corrected chi connectivity index (χ2v) is 5.69. The van der Waals surface area contributed by atoms with Gasteiger partial charge in [-0.2, -0.15) is 13.2 Å². The monoisotopic (exact) mass is 358 g/mol. The largest absolute Gasteiger partial charge is 0.435 e. The number of fused-ring (bicyclic) bond motifs is 1. The van der Waals surface area contributed by atoms with E-state index < -0.39 is 11.7 Å². The summed E-state index contributed by atoms with van der Waals surface area (Å²) in [4.78, 5) is 14.6. The third kappa shape index (κ3) is 3.17. The van der Waals surface area contributed by atoms with E-state index >= 15 is 0 Å². The average Bonchev–Trinajstić information content (AvgIpc) is 3.11. The standard InChI is InChI=1S/C18H13F3N4O/c19-18(20,21)13-5-3-12(4-6-13)14-10-16(24-11-23-14)26-15-2-1-8-25-9-7-22-17(15)25/h1-6,8,10-11H,7,9H2. The third-order valence-corrected chi connectivity index (χ3v) is 3.97. The molecule has 0 saturated heterocycles. The SMILES string of the molecule is FC(F)(F)c1ccc(-c2cc(OC3=CC=CN4CCN=C34)ncn2)cc1. The summed E-state index contributed by atoms with van der Waals surface area (Å²) in [6.07, 6.45) is 2.52. The molecule has 26 heavy (non-hydrogen) atoms. The number of rotatable bonds is 3. The molecule has 1 aromatic carbocycles. The van der Waals surface area contributed by atoms with Gasteiger partial charge in [0.1, 0.15) is 6.33 Å². The molecule has 132 valence electrons. The van der Waals surface area contributed by atoms with E-state index in [9.17, 15) is 13.2 Å². The number of aliphatic imine (C=N–C) groups is 1. The lowest BCUT2D eigenvalue weighted by Crippen LogP contribution is -2.27. The highest BCUT2D eigenvalue weighted by atomic mass is 19.4. The van der Waals surface area contributed by atoms with E-state index in [1.165, 1.54) is 18.5 Å². The molecule has 0 amide bonds. The maximum atomic E-state index is 12.7. The number of ether oxygens (including phenoxy) is 1. The number of alkyl halides is 3. The minimum absolute atomic E-state index is 0.297. The fourth-order valence-corrected chi connectivity index (χ4v) is 2.71. The van der Waals surface area contributed by atoms with Crippen molar-refractivity contribution in [1.82, 2.24) is 14.9 Å². The number of amidine groups is 1. The summed E-state index contributed by atoms with van der Waals surface area (Å²) in [5.41, 5.74) is 0.314. The van der Waals surface area contributed by atoms with Crippen molar-refractivity contribution in [2.24, 2.45) is 4.99 Å². The van der Waals surface area contributed by atoms with Crippen LogP contribution < -0.4 is 4.74 Å². The molecule has 2 aliphatic heterocycles. The molecule has 0 atom stereocenters. The predicted octanol–water partition coefficient (Wildman–Crippen LogP) is 3.67. The first kappa shape index (κ1) is 16.3. The summed E-state index contributed by atoms with van der Waals surface area (Å²) < 4.78 is 43.9. The van der Waals surface area contributed by atoms with Crippen LogP contribution in [0.3, 0.4) is 0 Å². The van der Waals surface area contributed by atoms with Crippen LogP contribution >= 0.6 is 0 Å². The summed E-state index contributed by atoms with van der Waals surface area (Å²) in [6.45, 7) is 1.49. The van der Waals surface area contributed by atoms with E-state index in [0.717, 1.165) is 24.5 Å². The Morgan fingerprint density at radius 2 is 1.88 bits per heavy atom. The second kappa shape index (κ2) is 6.29. The second-order valence-electron chi connectivity index (χ2n) is 5.69. The van der Waals surface area contributed by atoms with Crippen LogP contribution in [0.2, 0.25) is 0 Å². The van der Waals surface area contributed by atoms with E-state index in [4.69, 9.17) is 4.74 Å². The minimum Gasteiger partial charge on any atom is -0.435 e. The normalized spacial score (nSPS) is 16.2. The van der Waals surface area contributed by atoms with Crippen LogP contribution in [0, 0.1) is 0 Å². The van der Waals surface area contributed by atoms with Gasteiger partial charge in [0.2, 0.25) is 5.88 Å². The lowest BCUT2D eigenvalue weighted by atomic mass is 10.1. The first-order valence-corrected chi connectivity index (χ1v) is 7.88. The Bertz CT molecular complexity index is 917. The van der Waals surface area contributed by atoms with E-state index in [0.29, 0.717) is 29.4 Å². The molecule has 3 heterocycles. The van der Waals surface area contributed by atoms with Crippen molar-refractivity contribution in [3.63, 3.8) is 0 Å². The molecule has 0 aliphatic carbocycles. The van der Waals surface area contributed by atoms with Gasteiger partial charge in [0.15, 0.2) is 11.6 Å². The van der Waals surface area contributed by atoms with Crippen molar-refractivity contribution in [2.45, 2.75) is 6.18 Å². The van der Waals surface area contributed by atoms with Gasteiger partial charge in [-0.15, -0.1) is 0 Å². The fraction of sp³-hybridized carbons (Fsp3) is 0.167. The van der Waals surface area contributed by atoms with Crippen LogP contribution in [0.5, 0.6) is 5.88 Å². The first-order chi connectivity index (χ1) is 12.5. The first-order valence-electron chi connectivity index (χ1n) is 7.88. The van der Waals surface area contributed by atoms with Crippen molar-refractivity contribution in [2.75, 3.05) is 13.1 Å². The summed E-state index contributed by atoms with van der Waals surface area (Å²) in [5.74, 6) is 1.61. The minimum atomic E-state index is -4.37. The summed E-state index contributed by atoms with van der Waals surface area (Å²) in [5, 5.41) is 0. The fourth-order valence-electron chi connectivity index (χ4n) is 2.71. The Morgan fingerprint density at radius 1 is 1.08 bits per heavy atom. The van der Waals surface area contributed by atoms with Crippen LogP contribution in [-0.2, 0) is 6.18 Å². The van der Waals surface area contributed by atoms with Crippen molar-refractivity contribution < 1.29 is 17.9 Å². The maximum Gasteiger partial charge on any atom is 0.416 e. The number of halogens is 3. The van der Waals surface area contributed by atoms with Crippen LogP contribution in [0.25, 0.3) is 11.3 Å². The van der Waals surface area contributed by atoms with Gasteiger partial charge in [-0.05, 0) is 24.3 Å². The summed E-state index contributed by atoms with van der Waals surface area (Å²) in [7, 11) is 0. The van der Waals surface area contributed by atoms with Crippen molar-refractivity contribution in [1.29, 1.82) is 0 Å². The van der Waals surface area contributed by atoms with Crippen LogP contribution in [0.15, 0.2) is 65.8 Å². The van der Waals surface area contributed by atoms with Gasteiger partial charge in [0.25, 0.3) is 0 Å². The molecule has 2 aromatic rings. The Kier molecular flexibility index (Phi) is 3.95. The highest BCUT2D eigenvalue weighted by molar-refractivity contribution is 5.99. The number of hydrogen-bond donors (Lipinski definition) is 0. The molecule has 5 nitrogen and oxygen atoms in total.